The van der Waals surface area contributed by atoms with Crippen LogP contribution >= 0.6 is 0 Å². The summed E-state index contributed by atoms with van der Waals surface area (Å²) in [5, 5.41) is 1.32. The van der Waals surface area contributed by atoms with Crippen molar-refractivity contribution in [2.75, 3.05) is 0 Å². The van der Waals surface area contributed by atoms with E-state index in [1.54, 1.807) is 24.5 Å². The average molecular weight is 382 g/mol. The van der Waals surface area contributed by atoms with E-state index in [9.17, 15) is 0 Å². The van der Waals surface area contributed by atoms with Crippen LogP contribution in [-0.2, 0) is 5.41 Å². The summed E-state index contributed by atoms with van der Waals surface area (Å²) in [4.78, 5) is 6.26. The Bertz CT molecular complexity index is 1110. The topological polar surface area (TPSA) is 31.6 Å². The molecule has 0 bridgehead atoms. The molecule has 28 heavy (non-hydrogen) atoms. The van der Waals surface area contributed by atoms with Crippen molar-refractivity contribution >= 4 is 21.8 Å². The highest BCUT2D eigenvalue weighted by molar-refractivity contribution is 5.92. The van der Waals surface area contributed by atoms with Crippen LogP contribution in [0.5, 0.6) is 0 Å². The molecule has 0 atom stereocenters. The van der Waals surface area contributed by atoms with E-state index >= 15 is 13.2 Å². The fourth-order valence-corrected chi connectivity index (χ4v) is 4.90. The zero-order chi connectivity index (χ0) is 19.7. The van der Waals surface area contributed by atoms with Crippen LogP contribution in [0.3, 0.4) is 0 Å². The van der Waals surface area contributed by atoms with Gasteiger partial charge in [0, 0.05) is 34.2 Å². The largest absolute Gasteiger partial charge is 0.402 e. The first-order valence-corrected chi connectivity index (χ1v) is 9.56. The van der Waals surface area contributed by atoms with E-state index in [1.807, 2.05) is 38.1 Å². The fourth-order valence-electron chi connectivity index (χ4n) is 4.90. The lowest BCUT2D eigenvalue weighted by Gasteiger charge is -2.36. The molecule has 1 aliphatic carbocycles. The molecule has 0 radical (unpaired) electrons. The van der Waals surface area contributed by atoms with Gasteiger partial charge in [0.2, 0.25) is 0 Å². The summed E-state index contributed by atoms with van der Waals surface area (Å²) in [6, 6.07) is 11.1. The van der Waals surface area contributed by atoms with Crippen molar-refractivity contribution in [1.29, 1.82) is 0 Å². The number of benzene rings is 2. The molecule has 0 unspecified atom stereocenters. The van der Waals surface area contributed by atoms with Gasteiger partial charge in [0.15, 0.2) is 0 Å². The van der Waals surface area contributed by atoms with E-state index in [0.29, 0.717) is 34.7 Å². The standard InChI is InChI=1S/C23H21F3N2/c1-13-5-3-7-16-18(11-27-20(13)16)22(15-9-10-15,23(24,25)26)19-12-28-21-14(2)6-4-8-17(19)21/h3-8,11-12,15,27-28H,9-10H2,1-2H3. The van der Waals surface area contributed by atoms with E-state index in [-0.39, 0.29) is 0 Å². The summed E-state index contributed by atoms with van der Waals surface area (Å²) < 4.78 is 45.1. The maximum Gasteiger partial charge on any atom is 0.402 e. The summed E-state index contributed by atoms with van der Waals surface area (Å²) >= 11 is 0. The third-order valence-electron chi connectivity index (χ3n) is 6.33. The number of H-pyrrole nitrogens is 2. The number of halogens is 3. The summed E-state index contributed by atoms with van der Waals surface area (Å²) in [6.45, 7) is 3.84. The number of alkyl halides is 3. The number of hydrogen-bond acceptors (Lipinski definition) is 0. The maximum absolute atomic E-state index is 15.0. The van der Waals surface area contributed by atoms with Crippen LogP contribution in [0.1, 0.15) is 35.1 Å². The first-order valence-electron chi connectivity index (χ1n) is 9.56. The molecule has 144 valence electrons. The fraction of sp³-hybridized carbons (Fsp3) is 0.304. The van der Waals surface area contributed by atoms with Crippen molar-refractivity contribution in [2.24, 2.45) is 5.92 Å². The number of aromatic nitrogens is 2. The minimum atomic E-state index is -4.41. The van der Waals surface area contributed by atoms with Gasteiger partial charge in [-0.25, -0.2) is 0 Å². The van der Waals surface area contributed by atoms with Gasteiger partial charge in [-0.2, -0.15) is 13.2 Å². The molecule has 5 rings (SSSR count). The predicted molar refractivity (Wildman–Crippen MR) is 106 cm³/mol. The molecule has 0 amide bonds. The molecule has 2 heterocycles. The van der Waals surface area contributed by atoms with Crippen LogP contribution in [0, 0.1) is 19.8 Å². The van der Waals surface area contributed by atoms with Crippen LogP contribution in [0.4, 0.5) is 13.2 Å². The lowest BCUT2D eigenvalue weighted by atomic mass is 9.69. The molecular weight excluding hydrogens is 361 g/mol. The predicted octanol–water partition coefficient (Wildman–Crippen LogP) is 6.52. The summed E-state index contributed by atoms with van der Waals surface area (Å²) in [6.07, 6.45) is -0.0882. The molecule has 0 spiro atoms. The van der Waals surface area contributed by atoms with Crippen LogP contribution in [0.25, 0.3) is 21.8 Å². The molecule has 2 aromatic heterocycles. The molecule has 1 fully saturated rings. The number of fused-ring (bicyclic) bond motifs is 2. The third kappa shape index (κ3) is 2.16. The highest BCUT2D eigenvalue weighted by atomic mass is 19.4. The van der Waals surface area contributed by atoms with Crippen LogP contribution < -0.4 is 0 Å². The number of rotatable bonds is 3. The molecule has 2 N–H and O–H groups in total. The monoisotopic (exact) mass is 382 g/mol. The molecule has 2 nitrogen and oxygen atoms in total. The first-order chi connectivity index (χ1) is 13.4. The van der Waals surface area contributed by atoms with Gasteiger partial charge in [0.25, 0.3) is 0 Å². The molecule has 0 saturated heterocycles. The lowest BCUT2D eigenvalue weighted by molar-refractivity contribution is -0.183. The number of aromatic amines is 2. The van der Waals surface area contributed by atoms with Gasteiger partial charge in [-0.05, 0) is 54.9 Å². The Labute approximate surface area is 160 Å². The quantitative estimate of drug-likeness (QED) is 0.404. The molecule has 0 aliphatic heterocycles. The maximum atomic E-state index is 15.0. The minimum absolute atomic E-state index is 0.337. The lowest BCUT2D eigenvalue weighted by Crippen LogP contribution is -2.45. The van der Waals surface area contributed by atoms with Crippen LogP contribution in [0.2, 0.25) is 0 Å². The Morgan fingerprint density at radius 1 is 0.786 bits per heavy atom. The van der Waals surface area contributed by atoms with Gasteiger partial charge in [0.05, 0.1) is 0 Å². The van der Waals surface area contributed by atoms with Crippen molar-refractivity contribution in [2.45, 2.75) is 38.3 Å². The summed E-state index contributed by atoms with van der Waals surface area (Å²) in [5.41, 5.74) is 2.11. The Kier molecular flexibility index (Phi) is 3.52. The highest BCUT2D eigenvalue weighted by Crippen LogP contribution is 2.61. The number of para-hydroxylation sites is 2. The Morgan fingerprint density at radius 2 is 1.25 bits per heavy atom. The molecular formula is C23H21F3N2. The smallest absolute Gasteiger partial charge is 0.361 e. The number of nitrogens with one attached hydrogen (secondary N) is 2. The second-order valence-electron chi connectivity index (χ2n) is 7.98. The van der Waals surface area contributed by atoms with Gasteiger partial charge >= 0.3 is 6.18 Å². The minimum Gasteiger partial charge on any atom is -0.361 e. The van der Waals surface area contributed by atoms with E-state index in [1.165, 1.54) is 0 Å². The van der Waals surface area contributed by atoms with Gasteiger partial charge in [0.1, 0.15) is 5.41 Å². The highest BCUT2D eigenvalue weighted by Gasteiger charge is 2.65. The van der Waals surface area contributed by atoms with Gasteiger partial charge < -0.3 is 9.97 Å². The summed E-state index contributed by atoms with van der Waals surface area (Å²) in [7, 11) is 0. The van der Waals surface area contributed by atoms with Crippen LogP contribution in [-0.4, -0.2) is 16.1 Å². The van der Waals surface area contributed by atoms with Crippen LogP contribution in [0.15, 0.2) is 48.8 Å². The molecule has 5 heteroatoms. The SMILES string of the molecule is Cc1cccc2c(C(c3c[nH]c4c(C)cccc34)(C3CC3)C(F)(F)F)c[nH]c12. The Hall–Kier alpha value is -2.69. The van der Waals surface area contributed by atoms with E-state index in [0.717, 1.165) is 22.2 Å². The molecule has 1 saturated carbocycles. The number of hydrogen-bond donors (Lipinski definition) is 2. The van der Waals surface area contributed by atoms with E-state index in [2.05, 4.69) is 9.97 Å². The van der Waals surface area contributed by atoms with Crippen molar-refractivity contribution in [1.82, 2.24) is 9.97 Å². The zero-order valence-corrected chi connectivity index (χ0v) is 15.7. The van der Waals surface area contributed by atoms with Gasteiger partial charge in [-0.15, -0.1) is 0 Å². The van der Waals surface area contributed by atoms with Gasteiger partial charge in [-0.3, -0.25) is 0 Å². The second kappa shape index (κ2) is 5.66. The third-order valence-corrected chi connectivity index (χ3v) is 6.33. The molecule has 1 aliphatic rings. The zero-order valence-electron chi connectivity index (χ0n) is 15.7. The van der Waals surface area contributed by atoms with E-state index < -0.39 is 17.5 Å². The normalized spacial score (nSPS) is 15.6. The van der Waals surface area contributed by atoms with Gasteiger partial charge in [-0.1, -0.05) is 36.4 Å². The first kappa shape index (κ1) is 17.4. The average Bonchev–Trinajstić information content (AvgIpc) is 3.23. The molecule has 2 aromatic carbocycles. The van der Waals surface area contributed by atoms with Crippen molar-refractivity contribution in [3.8, 4) is 0 Å². The van der Waals surface area contributed by atoms with Crippen molar-refractivity contribution in [3.63, 3.8) is 0 Å². The Balaban J connectivity index is 1.91. The molecule has 4 aromatic rings. The second-order valence-corrected chi connectivity index (χ2v) is 7.98. The van der Waals surface area contributed by atoms with Crippen molar-refractivity contribution < 1.29 is 13.2 Å². The van der Waals surface area contributed by atoms with Crippen molar-refractivity contribution in [3.05, 3.63) is 71.0 Å². The summed E-state index contributed by atoms with van der Waals surface area (Å²) in [5.74, 6) is -0.452. The van der Waals surface area contributed by atoms with E-state index in [4.69, 9.17) is 0 Å². The Morgan fingerprint density at radius 3 is 1.64 bits per heavy atom. The number of aryl methyl sites for hydroxylation is 2.